The lowest BCUT2D eigenvalue weighted by Crippen LogP contribution is -2.12. The fourth-order valence-corrected chi connectivity index (χ4v) is 9.53. The lowest BCUT2D eigenvalue weighted by Gasteiger charge is -2.28. The third-order valence-corrected chi connectivity index (χ3v) is 11.9. The summed E-state index contributed by atoms with van der Waals surface area (Å²) in [6.07, 6.45) is 0. The molecule has 258 valence electrons. The maximum Gasteiger partial charge on any atom is 0.227 e. The van der Waals surface area contributed by atoms with Gasteiger partial charge in [-0.25, -0.2) is 4.98 Å². The first kappa shape index (κ1) is 30.3. The predicted molar refractivity (Wildman–Crippen MR) is 229 cm³/mol. The summed E-state index contributed by atoms with van der Waals surface area (Å²) in [5.41, 5.74) is 10.6. The van der Waals surface area contributed by atoms with E-state index in [1.165, 1.54) is 30.9 Å². The molecule has 0 saturated carbocycles. The minimum Gasteiger partial charge on any atom is -0.456 e. The second-order valence-electron chi connectivity index (χ2n) is 13.9. The molecule has 0 aliphatic rings. The van der Waals surface area contributed by atoms with Gasteiger partial charge < -0.3 is 18.3 Å². The van der Waals surface area contributed by atoms with Crippen LogP contribution in [0, 0.1) is 0 Å². The first-order valence-electron chi connectivity index (χ1n) is 18.4. The van der Waals surface area contributed by atoms with Crippen molar-refractivity contribution in [3.05, 3.63) is 176 Å². The predicted octanol–water partition coefficient (Wildman–Crippen LogP) is 14.3. The zero-order chi connectivity index (χ0) is 36.0. The fraction of sp³-hybridized carbons (Fsp3) is 0. The molecule has 0 aliphatic heterocycles. The summed E-state index contributed by atoms with van der Waals surface area (Å²) >= 11 is 1.83. The van der Waals surface area contributed by atoms with Gasteiger partial charge in [0, 0.05) is 70.8 Å². The smallest absolute Gasteiger partial charge is 0.227 e. The Labute approximate surface area is 318 Å². The van der Waals surface area contributed by atoms with Crippen LogP contribution in [0.5, 0.6) is 0 Å². The maximum atomic E-state index is 6.69. The lowest BCUT2D eigenvalue weighted by atomic mass is 10.1. The maximum absolute atomic E-state index is 6.69. The highest BCUT2D eigenvalue weighted by molar-refractivity contribution is 7.26. The molecule has 0 fully saturated rings. The average molecular weight is 724 g/mol. The van der Waals surface area contributed by atoms with Crippen molar-refractivity contribution in [3.63, 3.8) is 0 Å². The number of oxazole rings is 1. The highest BCUT2D eigenvalue weighted by Crippen LogP contribution is 2.49. The molecule has 0 unspecified atom stereocenters. The van der Waals surface area contributed by atoms with E-state index >= 15 is 0 Å². The van der Waals surface area contributed by atoms with Gasteiger partial charge in [0.25, 0.3) is 0 Å². The van der Waals surface area contributed by atoms with Gasteiger partial charge in [0.1, 0.15) is 16.7 Å². The van der Waals surface area contributed by atoms with Crippen LogP contribution in [0.4, 0.5) is 17.1 Å². The van der Waals surface area contributed by atoms with Crippen molar-refractivity contribution in [3.8, 4) is 17.1 Å². The van der Waals surface area contributed by atoms with E-state index in [4.69, 9.17) is 13.8 Å². The SMILES string of the molecule is c1ccc(-c2nc3cc4c(cc3o2)oc2cc(N(c3cccc5sc6ccccc6c35)c3cccc5c6ccccc6n(-c6ccccc6)c35)ccc24)cc1. The van der Waals surface area contributed by atoms with Crippen LogP contribution in [0.1, 0.15) is 0 Å². The Kier molecular flexibility index (Phi) is 6.44. The van der Waals surface area contributed by atoms with Crippen molar-refractivity contribution < 1.29 is 8.83 Å². The van der Waals surface area contributed by atoms with Crippen molar-refractivity contribution in [2.45, 2.75) is 0 Å². The topological polar surface area (TPSA) is 47.3 Å². The normalized spacial score (nSPS) is 12.0. The molecule has 6 heteroatoms. The van der Waals surface area contributed by atoms with Gasteiger partial charge in [0.2, 0.25) is 5.89 Å². The summed E-state index contributed by atoms with van der Waals surface area (Å²) in [5.74, 6) is 0.600. The van der Waals surface area contributed by atoms with E-state index < -0.39 is 0 Å². The number of hydrogen-bond donors (Lipinski definition) is 0. The highest BCUT2D eigenvalue weighted by atomic mass is 32.1. The van der Waals surface area contributed by atoms with E-state index in [0.29, 0.717) is 11.5 Å². The van der Waals surface area contributed by atoms with Gasteiger partial charge in [-0.2, -0.15) is 0 Å². The minimum atomic E-state index is 0.600. The summed E-state index contributed by atoms with van der Waals surface area (Å²) in [4.78, 5) is 7.28. The Morgan fingerprint density at radius 2 is 1.20 bits per heavy atom. The molecule has 0 saturated heterocycles. The molecule has 5 nitrogen and oxygen atoms in total. The van der Waals surface area contributed by atoms with Crippen molar-refractivity contribution in [2.24, 2.45) is 0 Å². The molecular weight excluding hydrogens is 695 g/mol. The molecule has 0 N–H and O–H groups in total. The Morgan fingerprint density at radius 3 is 2.09 bits per heavy atom. The van der Waals surface area contributed by atoms with Crippen LogP contribution in [-0.4, -0.2) is 9.55 Å². The summed E-state index contributed by atoms with van der Waals surface area (Å²) < 4.78 is 17.8. The summed E-state index contributed by atoms with van der Waals surface area (Å²) in [5, 5.41) is 6.91. The van der Waals surface area contributed by atoms with Crippen molar-refractivity contribution >= 4 is 103 Å². The number of rotatable bonds is 5. The van der Waals surface area contributed by atoms with Gasteiger partial charge in [0.15, 0.2) is 5.58 Å². The van der Waals surface area contributed by atoms with Crippen molar-refractivity contribution in [2.75, 3.05) is 4.90 Å². The van der Waals surface area contributed by atoms with E-state index in [2.05, 4.69) is 149 Å². The number of aromatic nitrogens is 2. The second-order valence-corrected chi connectivity index (χ2v) is 15.0. The number of nitrogens with zero attached hydrogens (tertiary/aromatic N) is 3. The van der Waals surface area contributed by atoms with Crippen LogP contribution in [0.2, 0.25) is 0 Å². The molecule has 0 amide bonds. The second kappa shape index (κ2) is 11.7. The van der Waals surface area contributed by atoms with Crippen LogP contribution in [0.25, 0.3) is 92.2 Å². The Morgan fingerprint density at radius 1 is 0.491 bits per heavy atom. The molecule has 8 aromatic carbocycles. The third-order valence-electron chi connectivity index (χ3n) is 10.8. The standard InChI is InChI=1S/C49H29N3O2S/c1-3-13-30(14-4-1)49-50-38-28-37-34-26-25-32(27-42(34)53-43(37)29-44(38)54-49)51(40-21-12-24-46-47(40)36-18-8-10-23-45(36)55-46)41-22-11-19-35-33-17-7-9-20-39(33)52(48(35)41)31-15-5-2-6-16-31/h1-29H. The fourth-order valence-electron chi connectivity index (χ4n) is 8.41. The molecule has 55 heavy (non-hydrogen) atoms. The molecule has 0 bridgehead atoms. The van der Waals surface area contributed by atoms with Crippen LogP contribution in [0.3, 0.4) is 0 Å². The van der Waals surface area contributed by atoms with Gasteiger partial charge in [-0.05, 0) is 72.8 Å². The molecule has 12 aromatic rings. The number of furan rings is 1. The lowest BCUT2D eigenvalue weighted by molar-refractivity contribution is 0.617. The van der Waals surface area contributed by atoms with Crippen LogP contribution in [-0.2, 0) is 0 Å². The van der Waals surface area contributed by atoms with Gasteiger partial charge in [-0.3, -0.25) is 0 Å². The van der Waals surface area contributed by atoms with Gasteiger partial charge in [0.05, 0.1) is 22.4 Å². The quantitative estimate of drug-likeness (QED) is 0.177. The zero-order valence-electron chi connectivity index (χ0n) is 29.3. The molecule has 0 spiro atoms. The number of para-hydroxylation sites is 3. The van der Waals surface area contributed by atoms with Gasteiger partial charge in [-0.1, -0.05) is 91.0 Å². The Hall–Kier alpha value is -7.15. The summed E-state index contributed by atoms with van der Waals surface area (Å²) in [7, 11) is 0. The summed E-state index contributed by atoms with van der Waals surface area (Å²) in [6, 6.07) is 62.1. The Bertz CT molecular complexity index is 3450. The zero-order valence-corrected chi connectivity index (χ0v) is 30.1. The highest BCUT2D eigenvalue weighted by Gasteiger charge is 2.25. The molecule has 4 aromatic heterocycles. The minimum absolute atomic E-state index is 0.600. The number of thiophene rings is 1. The van der Waals surface area contributed by atoms with E-state index in [0.717, 1.165) is 66.8 Å². The first-order valence-corrected chi connectivity index (χ1v) is 19.2. The monoisotopic (exact) mass is 723 g/mol. The largest absolute Gasteiger partial charge is 0.456 e. The van der Waals surface area contributed by atoms with Crippen LogP contribution < -0.4 is 4.90 Å². The van der Waals surface area contributed by atoms with E-state index in [1.54, 1.807) is 0 Å². The number of hydrogen-bond acceptors (Lipinski definition) is 5. The van der Waals surface area contributed by atoms with E-state index in [1.807, 2.05) is 47.7 Å². The first-order chi connectivity index (χ1) is 27.3. The molecule has 4 heterocycles. The average Bonchev–Trinajstić information content (AvgIpc) is 4.01. The van der Waals surface area contributed by atoms with Gasteiger partial charge in [-0.15, -0.1) is 11.3 Å². The van der Waals surface area contributed by atoms with Crippen molar-refractivity contribution in [1.82, 2.24) is 9.55 Å². The molecule has 12 rings (SSSR count). The number of anilines is 3. The van der Waals surface area contributed by atoms with Crippen LogP contribution >= 0.6 is 11.3 Å². The third kappa shape index (κ3) is 4.55. The van der Waals surface area contributed by atoms with Gasteiger partial charge >= 0.3 is 0 Å². The number of benzene rings is 8. The molecule has 0 atom stereocenters. The number of fused-ring (bicyclic) bond motifs is 10. The van der Waals surface area contributed by atoms with E-state index in [9.17, 15) is 0 Å². The summed E-state index contributed by atoms with van der Waals surface area (Å²) in [6.45, 7) is 0. The molecule has 0 radical (unpaired) electrons. The van der Waals surface area contributed by atoms with Crippen LogP contribution in [0.15, 0.2) is 185 Å². The van der Waals surface area contributed by atoms with Crippen molar-refractivity contribution in [1.29, 1.82) is 0 Å². The van der Waals surface area contributed by atoms with E-state index in [-0.39, 0.29) is 0 Å². The Balaban J connectivity index is 1.14. The molecular formula is C49H29N3O2S. The molecule has 0 aliphatic carbocycles.